The van der Waals surface area contributed by atoms with E-state index in [9.17, 15) is 9.18 Å². The largest absolute Gasteiger partial charge is 0.298 e. The lowest BCUT2D eigenvalue weighted by molar-refractivity contribution is 0.112. The predicted octanol–water partition coefficient (Wildman–Crippen LogP) is 4.60. The second kappa shape index (κ2) is 4.96. The molecule has 19 heavy (non-hydrogen) atoms. The quantitative estimate of drug-likeness (QED) is 0.717. The van der Waals surface area contributed by atoms with Crippen molar-refractivity contribution in [1.29, 1.82) is 0 Å². The summed E-state index contributed by atoms with van der Waals surface area (Å²) in [6, 6.07) is 12.1. The van der Waals surface area contributed by atoms with E-state index in [-0.39, 0.29) is 11.2 Å². The Bertz CT molecular complexity index is 592. The van der Waals surface area contributed by atoms with Gasteiger partial charge in [0.15, 0.2) is 6.29 Å². The summed E-state index contributed by atoms with van der Waals surface area (Å²) in [5.41, 5.74) is 3.28. The van der Waals surface area contributed by atoms with E-state index in [1.54, 1.807) is 0 Å². The van der Waals surface area contributed by atoms with Gasteiger partial charge in [0.05, 0.1) is 0 Å². The molecular formula is C17H17FO. The van der Waals surface area contributed by atoms with Crippen molar-refractivity contribution in [3.8, 4) is 11.1 Å². The van der Waals surface area contributed by atoms with Gasteiger partial charge in [0, 0.05) is 5.56 Å². The van der Waals surface area contributed by atoms with Crippen LogP contribution in [0.1, 0.15) is 36.7 Å². The number of hydrogen-bond donors (Lipinski definition) is 0. The Balaban J connectivity index is 2.48. The van der Waals surface area contributed by atoms with Gasteiger partial charge >= 0.3 is 0 Å². The van der Waals surface area contributed by atoms with Crippen LogP contribution in [0.15, 0.2) is 42.5 Å². The average molecular weight is 256 g/mol. The third-order valence-corrected chi connectivity index (χ3v) is 3.20. The number of carbonyl (C=O) groups excluding carboxylic acids is 1. The van der Waals surface area contributed by atoms with Crippen LogP contribution in [0.4, 0.5) is 4.39 Å². The van der Waals surface area contributed by atoms with Gasteiger partial charge in [-0.25, -0.2) is 4.39 Å². The Kier molecular flexibility index (Phi) is 3.52. The first-order valence-corrected chi connectivity index (χ1v) is 6.27. The molecule has 0 saturated carbocycles. The SMILES string of the molecule is CC(C)(C)c1ccc(-c2cc(F)ccc2C=O)cc1. The van der Waals surface area contributed by atoms with E-state index < -0.39 is 0 Å². The van der Waals surface area contributed by atoms with Crippen molar-refractivity contribution in [2.75, 3.05) is 0 Å². The summed E-state index contributed by atoms with van der Waals surface area (Å²) in [6.07, 6.45) is 0.756. The number of halogens is 1. The maximum Gasteiger partial charge on any atom is 0.150 e. The lowest BCUT2D eigenvalue weighted by atomic mass is 9.86. The van der Waals surface area contributed by atoms with Crippen molar-refractivity contribution in [1.82, 2.24) is 0 Å². The van der Waals surface area contributed by atoms with Crippen LogP contribution in [0.5, 0.6) is 0 Å². The molecule has 0 aliphatic rings. The number of carbonyl (C=O) groups is 1. The van der Waals surface area contributed by atoms with E-state index in [0.717, 1.165) is 11.8 Å². The maximum absolute atomic E-state index is 13.3. The fourth-order valence-corrected chi connectivity index (χ4v) is 2.03. The van der Waals surface area contributed by atoms with Crippen molar-refractivity contribution in [2.24, 2.45) is 0 Å². The number of hydrogen-bond acceptors (Lipinski definition) is 1. The van der Waals surface area contributed by atoms with Gasteiger partial charge in [0.2, 0.25) is 0 Å². The minimum atomic E-state index is -0.333. The molecule has 0 aliphatic carbocycles. The van der Waals surface area contributed by atoms with Gasteiger partial charge in [0.1, 0.15) is 5.82 Å². The molecule has 0 saturated heterocycles. The standard InChI is InChI=1S/C17H17FO/c1-17(2,3)14-7-4-12(5-8-14)16-10-15(18)9-6-13(16)11-19/h4-11H,1-3H3. The van der Waals surface area contributed by atoms with E-state index in [4.69, 9.17) is 0 Å². The molecule has 0 amide bonds. The molecule has 0 atom stereocenters. The molecule has 2 heteroatoms. The van der Waals surface area contributed by atoms with Crippen LogP contribution >= 0.6 is 0 Å². The molecule has 98 valence electrons. The minimum Gasteiger partial charge on any atom is -0.298 e. The lowest BCUT2D eigenvalue weighted by Crippen LogP contribution is -2.10. The molecule has 0 bridgehead atoms. The second-order valence-electron chi connectivity index (χ2n) is 5.68. The Labute approximate surface area is 113 Å². The average Bonchev–Trinajstić information content (AvgIpc) is 2.38. The Hall–Kier alpha value is -1.96. The van der Waals surface area contributed by atoms with Gasteiger partial charge in [0.25, 0.3) is 0 Å². The molecule has 1 nitrogen and oxygen atoms in total. The van der Waals surface area contributed by atoms with Crippen molar-refractivity contribution < 1.29 is 9.18 Å². The number of benzene rings is 2. The summed E-state index contributed by atoms with van der Waals surface area (Å²) in [5, 5.41) is 0. The Morgan fingerprint density at radius 3 is 2.16 bits per heavy atom. The zero-order chi connectivity index (χ0) is 14.0. The third-order valence-electron chi connectivity index (χ3n) is 3.20. The van der Waals surface area contributed by atoms with E-state index in [2.05, 4.69) is 20.8 Å². The van der Waals surface area contributed by atoms with E-state index >= 15 is 0 Å². The molecule has 2 rings (SSSR count). The van der Waals surface area contributed by atoms with E-state index in [1.165, 1.54) is 23.8 Å². The monoisotopic (exact) mass is 256 g/mol. The van der Waals surface area contributed by atoms with E-state index in [0.29, 0.717) is 11.1 Å². The zero-order valence-electron chi connectivity index (χ0n) is 11.4. The summed E-state index contributed by atoms with van der Waals surface area (Å²) in [5.74, 6) is -0.333. The number of aldehydes is 1. The Morgan fingerprint density at radius 2 is 1.63 bits per heavy atom. The number of rotatable bonds is 2. The maximum atomic E-state index is 13.3. The molecule has 0 radical (unpaired) electrons. The topological polar surface area (TPSA) is 17.1 Å². The summed E-state index contributed by atoms with van der Waals surface area (Å²) in [6.45, 7) is 6.42. The van der Waals surface area contributed by atoms with Crippen molar-refractivity contribution in [3.63, 3.8) is 0 Å². The third kappa shape index (κ3) is 2.90. The van der Waals surface area contributed by atoms with Gasteiger partial charge < -0.3 is 0 Å². The highest BCUT2D eigenvalue weighted by Crippen LogP contribution is 2.28. The molecule has 0 unspecified atom stereocenters. The highest BCUT2D eigenvalue weighted by molar-refractivity contribution is 5.87. The summed E-state index contributed by atoms with van der Waals surface area (Å²) in [4.78, 5) is 11.0. The molecule has 0 aromatic heterocycles. The van der Waals surface area contributed by atoms with Crippen molar-refractivity contribution in [3.05, 3.63) is 59.4 Å². The first-order valence-electron chi connectivity index (χ1n) is 6.27. The zero-order valence-corrected chi connectivity index (χ0v) is 11.4. The van der Waals surface area contributed by atoms with Crippen LogP contribution in [0.2, 0.25) is 0 Å². The highest BCUT2D eigenvalue weighted by atomic mass is 19.1. The first-order chi connectivity index (χ1) is 8.91. The molecule has 0 N–H and O–H groups in total. The van der Waals surface area contributed by atoms with Crippen molar-refractivity contribution >= 4 is 6.29 Å². The highest BCUT2D eigenvalue weighted by Gasteiger charge is 2.13. The van der Waals surface area contributed by atoms with Crippen LogP contribution in [-0.2, 0) is 5.41 Å². The fourth-order valence-electron chi connectivity index (χ4n) is 2.03. The summed E-state index contributed by atoms with van der Waals surface area (Å²) < 4.78 is 13.3. The van der Waals surface area contributed by atoms with Gasteiger partial charge in [-0.05, 0) is 40.3 Å². The molecule has 0 fully saturated rings. The van der Waals surface area contributed by atoms with E-state index in [1.807, 2.05) is 24.3 Å². The van der Waals surface area contributed by atoms with Crippen LogP contribution in [0.25, 0.3) is 11.1 Å². The smallest absolute Gasteiger partial charge is 0.150 e. The lowest BCUT2D eigenvalue weighted by Gasteiger charge is -2.19. The molecule has 0 aliphatic heterocycles. The fraction of sp³-hybridized carbons (Fsp3) is 0.235. The molecule has 0 heterocycles. The summed E-state index contributed by atoms with van der Waals surface area (Å²) in [7, 11) is 0. The van der Waals surface area contributed by atoms with Crippen LogP contribution in [0.3, 0.4) is 0 Å². The van der Waals surface area contributed by atoms with Crippen LogP contribution in [-0.4, -0.2) is 6.29 Å². The molecule has 0 spiro atoms. The second-order valence-corrected chi connectivity index (χ2v) is 5.68. The van der Waals surface area contributed by atoms with Gasteiger partial charge in [-0.3, -0.25) is 4.79 Å². The van der Waals surface area contributed by atoms with Crippen molar-refractivity contribution in [2.45, 2.75) is 26.2 Å². The normalized spacial score (nSPS) is 11.4. The van der Waals surface area contributed by atoms with Crippen LogP contribution < -0.4 is 0 Å². The molecule has 2 aromatic rings. The van der Waals surface area contributed by atoms with Crippen LogP contribution in [0, 0.1) is 5.82 Å². The van der Waals surface area contributed by atoms with Gasteiger partial charge in [-0.1, -0.05) is 45.0 Å². The summed E-state index contributed by atoms with van der Waals surface area (Å²) >= 11 is 0. The minimum absolute atomic E-state index is 0.0773. The van der Waals surface area contributed by atoms with Gasteiger partial charge in [-0.2, -0.15) is 0 Å². The Morgan fingerprint density at radius 1 is 1.00 bits per heavy atom. The molecular weight excluding hydrogens is 239 g/mol. The molecule has 2 aromatic carbocycles. The first kappa shape index (κ1) is 13.5. The van der Waals surface area contributed by atoms with Gasteiger partial charge in [-0.15, -0.1) is 0 Å². The predicted molar refractivity (Wildman–Crippen MR) is 75.9 cm³/mol.